The van der Waals surface area contributed by atoms with Gasteiger partial charge in [-0.1, -0.05) is 50.6 Å². The van der Waals surface area contributed by atoms with Crippen LogP contribution in [0.25, 0.3) is 0 Å². The minimum atomic E-state index is -0.653. The lowest BCUT2D eigenvalue weighted by Crippen LogP contribution is -2.16. The summed E-state index contributed by atoms with van der Waals surface area (Å²) in [6.45, 7) is 6.07. The molecule has 2 aromatic rings. The van der Waals surface area contributed by atoms with Gasteiger partial charge in [-0.25, -0.2) is 13.2 Å². The molecule has 0 aliphatic heterocycles. The Morgan fingerprint density at radius 1 is 0.812 bits per heavy atom. The van der Waals surface area contributed by atoms with E-state index < -0.39 is 11.6 Å². The Balaban J connectivity index is 1.41. The van der Waals surface area contributed by atoms with Gasteiger partial charge < -0.3 is 4.74 Å². The Morgan fingerprint density at radius 3 is 1.88 bits per heavy atom. The van der Waals surface area contributed by atoms with Crippen molar-refractivity contribution < 1.29 is 17.9 Å². The zero-order valence-electron chi connectivity index (χ0n) is 18.9. The average molecular weight is 443 g/mol. The minimum Gasteiger partial charge on any atom is -0.486 e. The molecule has 2 saturated carbocycles. The first-order valence-corrected chi connectivity index (χ1v) is 12.0. The van der Waals surface area contributed by atoms with E-state index in [1.165, 1.54) is 0 Å². The van der Waals surface area contributed by atoms with E-state index in [0.29, 0.717) is 17.0 Å². The van der Waals surface area contributed by atoms with Gasteiger partial charge in [0, 0.05) is 0 Å². The van der Waals surface area contributed by atoms with Crippen molar-refractivity contribution in [3.05, 3.63) is 77.1 Å². The molecule has 1 nitrogen and oxygen atoms in total. The van der Waals surface area contributed by atoms with Gasteiger partial charge in [0.1, 0.15) is 6.61 Å². The summed E-state index contributed by atoms with van der Waals surface area (Å²) < 4.78 is 49.7. The van der Waals surface area contributed by atoms with Crippen molar-refractivity contribution in [2.75, 3.05) is 6.61 Å². The smallest absolute Gasteiger partial charge is 0.165 e. The summed E-state index contributed by atoms with van der Waals surface area (Å²) in [5.41, 5.74) is 2.01. The third-order valence-electron chi connectivity index (χ3n) is 7.55. The summed E-state index contributed by atoms with van der Waals surface area (Å²) in [7, 11) is 0. The summed E-state index contributed by atoms with van der Waals surface area (Å²) >= 11 is 0. The van der Waals surface area contributed by atoms with E-state index >= 15 is 4.39 Å². The fourth-order valence-corrected chi connectivity index (χ4v) is 5.56. The highest BCUT2D eigenvalue weighted by atomic mass is 19.2. The van der Waals surface area contributed by atoms with Crippen molar-refractivity contribution in [2.45, 2.75) is 76.0 Å². The zero-order chi connectivity index (χ0) is 22.7. The van der Waals surface area contributed by atoms with Crippen LogP contribution in [0.1, 0.15) is 92.7 Å². The predicted octanol–water partition coefficient (Wildman–Crippen LogP) is 8.40. The molecule has 0 radical (unpaired) electrons. The van der Waals surface area contributed by atoms with Crippen molar-refractivity contribution in [3.63, 3.8) is 0 Å². The maximum absolute atomic E-state index is 15.1. The largest absolute Gasteiger partial charge is 0.486 e. The molecule has 4 rings (SSSR count). The number of rotatable bonds is 6. The Kier molecular flexibility index (Phi) is 7.27. The summed E-state index contributed by atoms with van der Waals surface area (Å²) in [6.07, 6.45) is 8.85. The lowest BCUT2D eigenvalue weighted by Gasteiger charge is -2.30. The molecule has 0 saturated heterocycles. The van der Waals surface area contributed by atoms with Gasteiger partial charge >= 0.3 is 0 Å². The Bertz CT molecular complexity index is 938. The number of halogens is 3. The van der Waals surface area contributed by atoms with Crippen LogP contribution >= 0.6 is 0 Å². The second kappa shape index (κ2) is 10.1. The number of benzene rings is 2. The summed E-state index contributed by atoms with van der Waals surface area (Å²) in [5, 5.41) is 0. The van der Waals surface area contributed by atoms with Crippen molar-refractivity contribution >= 4 is 0 Å². The van der Waals surface area contributed by atoms with Gasteiger partial charge in [-0.3, -0.25) is 0 Å². The van der Waals surface area contributed by atoms with E-state index in [2.05, 4.69) is 13.5 Å². The molecule has 2 aromatic carbocycles. The van der Waals surface area contributed by atoms with E-state index in [1.807, 2.05) is 18.2 Å². The molecular formula is C28H33F3O. The fraction of sp³-hybridized carbons (Fsp3) is 0.500. The van der Waals surface area contributed by atoms with Crippen molar-refractivity contribution in [2.24, 2.45) is 5.92 Å². The Morgan fingerprint density at radius 2 is 1.34 bits per heavy atom. The lowest BCUT2D eigenvalue weighted by atomic mass is 9.75. The van der Waals surface area contributed by atoms with Crippen LogP contribution in [0.4, 0.5) is 13.2 Å². The molecule has 4 heteroatoms. The van der Waals surface area contributed by atoms with Gasteiger partial charge in [-0.2, -0.15) is 0 Å². The standard InChI is InChI=1S/C28H33F3O/c1-3-16-32-26-15-12-22(17-25(26)29)19-8-10-21(11-9-19)24-14-13-23(27(30)28(24)31)20-6-4-18(2)5-7-20/h3,12-15,17-21H,1,4-11,16H2,2H3. The molecule has 2 aliphatic rings. The summed E-state index contributed by atoms with van der Waals surface area (Å²) in [4.78, 5) is 0. The maximum atomic E-state index is 15.1. The van der Waals surface area contributed by atoms with Gasteiger partial charge in [0.2, 0.25) is 0 Å². The molecule has 2 fully saturated rings. The van der Waals surface area contributed by atoms with E-state index in [1.54, 1.807) is 18.2 Å². The number of ether oxygens (including phenoxy) is 1. The van der Waals surface area contributed by atoms with Crippen LogP contribution in [-0.2, 0) is 0 Å². The Hall–Kier alpha value is -2.23. The number of hydrogen-bond acceptors (Lipinski definition) is 1. The first-order valence-electron chi connectivity index (χ1n) is 12.0. The molecule has 0 bridgehead atoms. The van der Waals surface area contributed by atoms with E-state index in [0.717, 1.165) is 56.9 Å². The van der Waals surface area contributed by atoms with Crippen molar-refractivity contribution in [3.8, 4) is 5.75 Å². The molecule has 0 aromatic heterocycles. The minimum absolute atomic E-state index is 0.0150. The molecular weight excluding hydrogens is 409 g/mol. The van der Waals surface area contributed by atoms with Crippen LogP contribution in [0, 0.1) is 23.4 Å². The molecule has 0 heterocycles. The van der Waals surface area contributed by atoms with Gasteiger partial charge in [0.25, 0.3) is 0 Å². The summed E-state index contributed by atoms with van der Waals surface area (Å²) in [6, 6.07) is 8.77. The highest BCUT2D eigenvalue weighted by Crippen LogP contribution is 2.43. The quantitative estimate of drug-likeness (QED) is 0.408. The molecule has 172 valence electrons. The molecule has 0 spiro atoms. The Labute approximate surface area is 189 Å². The van der Waals surface area contributed by atoms with Gasteiger partial charge in [-0.15, -0.1) is 0 Å². The maximum Gasteiger partial charge on any atom is 0.165 e. The second-order valence-electron chi connectivity index (χ2n) is 9.67. The zero-order valence-corrected chi connectivity index (χ0v) is 18.9. The molecule has 0 amide bonds. The van der Waals surface area contributed by atoms with Crippen LogP contribution in [0.2, 0.25) is 0 Å². The molecule has 2 aliphatic carbocycles. The predicted molar refractivity (Wildman–Crippen MR) is 123 cm³/mol. The van der Waals surface area contributed by atoms with Crippen molar-refractivity contribution in [1.82, 2.24) is 0 Å². The van der Waals surface area contributed by atoms with Crippen LogP contribution in [0.15, 0.2) is 43.0 Å². The number of hydrogen-bond donors (Lipinski definition) is 0. The first kappa shape index (κ1) is 22.9. The van der Waals surface area contributed by atoms with E-state index in [-0.39, 0.29) is 35.9 Å². The highest BCUT2D eigenvalue weighted by molar-refractivity contribution is 5.34. The third kappa shape index (κ3) is 4.89. The average Bonchev–Trinajstić information content (AvgIpc) is 2.81. The van der Waals surface area contributed by atoms with Crippen LogP contribution in [0.3, 0.4) is 0 Å². The van der Waals surface area contributed by atoms with Gasteiger partial charge in [0.15, 0.2) is 23.2 Å². The SMILES string of the molecule is C=CCOc1ccc(C2CCC(c3ccc(C4CCC(C)CC4)c(F)c3F)CC2)cc1F. The molecule has 0 atom stereocenters. The van der Waals surface area contributed by atoms with E-state index in [4.69, 9.17) is 4.74 Å². The highest BCUT2D eigenvalue weighted by Gasteiger charge is 2.29. The lowest BCUT2D eigenvalue weighted by molar-refractivity contribution is 0.336. The molecule has 0 unspecified atom stereocenters. The van der Waals surface area contributed by atoms with Crippen LogP contribution in [-0.4, -0.2) is 6.61 Å². The monoisotopic (exact) mass is 442 g/mol. The molecule has 0 N–H and O–H groups in total. The topological polar surface area (TPSA) is 9.23 Å². The van der Waals surface area contributed by atoms with E-state index in [9.17, 15) is 8.78 Å². The fourth-order valence-electron chi connectivity index (χ4n) is 5.56. The van der Waals surface area contributed by atoms with Crippen molar-refractivity contribution in [1.29, 1.82) is 0 Å². The summed E-state index contributed by atoms with van der Waals surface area (Å²) in [5.74, 6) is -0.371. The van der Waals surface area contributed by atoms with Gasteiger partial charge in [0.05, 0.1) is 0 Å². The van der Waals surface area contributed by atoms with Gasteiger partial charge in [-0.05, 0) is 91.0 Å². The molecule has 32 heavy (non-hydrogen) atoms. The third-order valence-corrected chi connectivity index (χ3v) is 7.55. The normalized spacial score (nSPS) is 26.0. The van der Waals surface area contributed by atoms with Crippen LogP contribution < -0.4 is 4.74 Å². The second-order valence-corrected chi connectivity index (χ2v) is 9.67. The first-order chi connectivity index (χ1) is 15.5. The van der Waals surface area contributed by atoms with Crippen LogP contribution in [0.5, 0.6) is 5.75 Å².